The number of phosphoric ester groups is 1. The van der Waals surface area contributed by atoms with E-state index in [4.69, 9.17) is 19.3 Å². The number of phosphoric acid groups is 1. The molecule has 18 nitrogen and oxygen atoms in total. The summed E-state index contributed by atoms with van der Waals surface area (Å²) < 4.78 is 37.0. The largest absolute Gasteiger partial charge is 0.756 e. The Kier molecular flexibility index (Phi) is 11.3. The van der Waals surface area contributed by atoms with E-state index in [1.165, 1.54) is 0 Å². The molecule has 0 bridgehead atoms. The SMILES string of the molecule is O=CC(OP(=O)([O-])O[C@@H]1[C@@H](CO)OC(CO)(O[C@H]2O[C@H](CO)[C@@H](O)[C@H](O)[C@H]2O)[C@H]1O)[C@@H](O)[C@@H](O)CO. The molecule has 0 radical (unpaired) electrons. The number of hydrogen-bond donors (Lipinski definition) is 10. The first kappa shape index (κ1) is 31.5. The zero-order valence-corrected chi connectivity index (χ0v) is 19.3. The van der Waals surface area contributed by atoms with Gasteiger partial charge in [-0.05, 0) is 0 Å². The number of aliphatic hydroxyl groups excluding tert-OH is 10. The van der Waals surface area contributed by atoms with Crippen LogP contribution in [0.3, 0.4) is 0 Å². The quantitative estimate of drug-likeness (QED) is 0.0747. The van der Waals surface area contributed by atoms with Crippen LogP contribution in [0.4, 0.5) is 0 Å². The van der Waals surface area contributed by atoms with E-state index in [1.807, 2.05) is 0 Å². The summed E-state index contributed by atoms with van der Waals surface area (Å²) in [6, 6.07) is 0. The van der Waals surface area contributed by atoms with Gasteiger partial charge in [0.2, 0.25) is 5.79 Å². The lowest BCUT2D eigenvalue weighted by molar-refractivity contribution is -0.383. The van der Waals surface area contributed by atoms with Crippen LogP contribution < -0.4 is 4.89 Å². The van der Waals surface area contributed by atoms with Crippen molar-refractivity contribution in [2.24, 2.45) is 0 Å². The monoisotopic (exact) mass is 553 g/mol. The van der Waals surface area contributed by atoms with Crippen molar-refractivity contribution in [3.63, 3.8) is 0 Å². The maximum absolute atomic E-state index is 12.3. The number of rotatable bonds is 13. The highest BCUT2D eigenvalue weighted by atomic mass is 31.2. The lowest BCUT2D eigenvalue weighted by Crippen LogP contribution is -2.62. The highest BCUT2D eigenvalue weighted by molar-refractivity contribution is 7.45. The molecule has 3 unspecified atom stereocenters. The summed E-state index contributed by atoms with van der Waals surface area (Å²) in [5, 5.41) is 97.3. The highest BCUT2D eigenvalue weighted by Gasteiger charge is 2.60. The summed E-state index contributed by atoms with van der Waals surface area (Å²) in [7, 11) is -5.67. The first-order chi connectivity index (χ1) is 16.8. The summed E-state index contributed by atoms with van der Waals surface area (Å²) >= 11 is 0. The van der Waals surface area contributed by atoms with Crippen molar-refractivity contribution in [1.82, 2.24) is 0 Å². The molecule has 0 spiro atoms. The zero-order chi connectivity index (χ0) is 27.4. The Balaban J connectivity index is 2.23. The fourth-order valence-electron chi connectivity index (χ4n) is 3.56. The molecule has 0 aromatic carbocycles. The van der Waals surface area contributed by atoms with Gasteiger partial charge in [0.15, 0.2) is 12.6 Å². The van der Waals surface area contributed by atoms with Gasteiger partial charge >= 0.3 is 0 Å². The Hall–Kier alpha value is -0.740. The minimum absolute atomic E-state index is 0.219. The van der Waals surface area contributed by atoms with Gasteiger partial charge in [-0.15, -0.1) is 0 Å². The molecule has 10 N–H and O–H groups in total. The van der Waals surface area contributed by atoms with Gasteiger partial charge in [0.05, 0.1) is 19.8 Å². The number of carbonyl (C=O) groups excluding carboxylic acids is 1. The van der Waals surface area contributed by atoms with Crippen molar-refractivity contribution in [1.29, 1.82) is 0 Å². The van der Waals surface area contributed by atoms with Crippen LogP contribution in [0.15, 0.2) is 0 Å². The molecule has 2 fully saturated rings. The van der Waals surface area contributed by atoms with Crippen LogP contribution in [-0.4, -0.2) is 157 Å². The van der Waals surface area contributed by atoms with Crippen LogP contribution in [0.25, 0.3) is 0 Å². The van der Waals surface area contributed by atoms with Gasteiger partial charge in [0.1, 0.15) is 67.6 Å². The van der Waals surface area contributed by atoms with Crippen LogP contribution in [0, 0.1) is 0 Å². The van der Waals surface area contributed by atoms with Crippen molar-refractivity contribution >= 4 is 14.1 Å². The Labute approximate surface area is 203 Å². The molecule has 212 valence electrons. The van der Waals surface area contributed by atoms with Crippen molar-refractivity contribution in [3.05, 3.63) is 0 Å². The Morgan fingerprint density at radius 2 is 1.61 bits per heavy atom. The summed E-state index contributed by atoms with van der Waals surface area (Å²) in [6.07, 6.45) is -21.9. The fraction of sp³-hybridized carbons (Fsp3) is 0.941. The molecule has 2 heterocycles. The van der Waals surface area contributed by atoms with Crippen LogP contribution >= 0.6 is 7.82 Å². The Bertz CT molecular complexity index is 755. The number of hydrogen-bond acceptors (Lipinski definition) is 18. The summed E-state index contributed by atoms with van der Waals surface area (Å²) in [5.41, 5.74) is 0. The number of ether oxygens (including phenoxy) is 3. The second-order valence-electron chi connectivity index (χ2n) is 8.03. The van der Waals surface area contributed by atoms with Gasteiger partial charge in [-0.25, -0.2) is 0 Å². The predicted molar refractivity (Wildman–Crippen MR) is 105 cm³/mol. The van der Waals surface area contributed by atoms with Crippen molar-refractivity contribution in [2.45, 2.75) is 73.1 Å². The van der Waals surface area contributed by atoms with Crippen molar-refractivity contribution < 1.29 is 88.6 Å². The van der Waals surface area contributed by atoms with E-state index < -0.39 is 107 Å². The highest BCUT2D eigenvalue weighted by Crippen LogP contribution is 2.47. The molecule has 2 aliphatic rings. The minimum atomic E-state index is -5.67. The third kappa shape index (κ3) is 6.63. The van der Waals surface area contributed by atoms with E-state index in [0.717, 1.165) is 0 Å². The first-order valence-electron chi connectivity index (χ1n) is 10.5. The molecule has 0 aliphatic carbocycles. The first-order valence-corrected chi connectivity index (χ1v) is 11.9. The average molecular weight is 553 g/mol. The third-order valence-electron chi connectivity index (χ3n) is 5.60. The molecule has 0 saturated carbocycles. The number of aliphatic hydroxyl groups is 10. The van der Waals surface area contributed by atoms with Crippen LogP contribution in [-0.2, 0) is 32.6 Å². The summed E-state index contributed by atoms with van der Waals surface area (Å²) in [5.74, 6) is -2.66. The average Bonchev–Trinajstić information content (AvgIpc) is 3.12. The van der Waals surface area contributed by atoms with Gasteiger partial charge in [-0.3, -0.25) is 4.57 Å². The standard InChI is InChI=1S/C17H31O18P/c18-1-6(23)10(24)8(3-20)34-36(29,30)35-14-9(4-21)32-17(5-22,15(14)28)33-16-13(27)12(26)11(25)7(2-19)31-16/h3,6-16,18-19,21-28H,1-2,4-5H2,(H,29,30)/p-1/t6-,7+,8?,9+,10-,11+,12-,13+,14+,15-,16+,17?/m0/s1. The predicted octanol–water partition coefficient (Wildman–Crippen LogP) is -7.60. The molecule has 19 heteroatoms. The Morgan fingerprint density at radius 1 is 1.00 bits per heavy atom. The Morgan fingerprint density at radius 3 is 2.11 bits per heavy atom. The van der Waals surface area contributed by atoms with Crippen LogP contribution in [0.2, 0.25) is 0 Å². The van der Waals surface area contributed by atoms with Gasteiger partial charge in [-0.1, -0.05) is 0 Å². The lowest BCUT2D eigenvalue weighted by atomic mass is 9.99. The maximum atomic E-state index is 12.3. The topological polar surface area (TPSA) is 306 Å². The van der Waals surface area contributed by atoms with Gasteiger partial charge in [-0.2, -0.15) is 0 Å². The van der Waals surface area contributed by atoms with E-state index in [2.05, 4.69) is 9.05 Å². The van der Waals surface area contributed by atoms with Crippen LogP contribution in [0.1, 0.15) is 0 Å². The van der Waals surface area contributed by atoms with Gasteiger partial charge in [0.25, 0.3) is 7.82 Å². The molecule has 0 aromatic heterocycles. The second-order valence-corrected chi connectivity index (χ2v) is 9.35. The number of aldehydes is 1. The summed E-state index contributed by atoms with van der Waals surface area (Å²) in [6.45, 7) is -4.24. The summed E-state index contributed by atoms with van der Waals surface area (Å²) in [4.78, 5) is 23.5. The van der Waals surface area contributed by atoms with Crippen molar-refractivity contribution in [2.75, 3.05) is 26.4 Å². The van der Waals surface area contributed by atoms with Gasteiger partial charge in [0, 0.05) is 0 Å². The normalized spacial score (nSPS) is 41.4. The molecular formula is C17H30O18P-. The molecule has 13 atom stereocenters. The minimum Gasteiger partial charge on any atom is -0.756 e. The zero-order valence-electron chi connectivity index (χ0n) is 18.4. The van der Waals surface area contributed by atoms with E-state index in [9.17, 15) is 60.2 Å². The van der Waals surface area contributed by atoms with E-state index in [-0.39, 0.29) is 6.29 Å². The molecular weight excluding hydrogens is 523 g/mol. The molecule has 0 aromatic rings. The second kappa shape index (κ2) is 12.9. The van der Waals surface area contributed by atoms with E-state index in [0.29, 0.717) is 0 Å². The molecule has 0 amide bonds. The molecule has 2 saturated heterocycles. The molecule has 2 aliphatic heterocycles. The maximum Gasteiger partial charge on any atom is 0.269 e. The van der Waals surface area contributed by atoms with Gasteiger partial charge < -0.3 is 84.0 Å². The van der Waals surface area contributed by atoms with E-state index >= 15 is 0 Å². The smallest absolute Gasteiger partial charge is 0.269 e. The van der Waals surface area contributed by atoms with Crippen molar-refractivity contribution in [3.8, 4) is 0 Å². The lowest BCUT2D eigenvalue weighted by Gasteiger charge is -2.43. The fourth-order valence-corrected chi connectivity index (χ4v) is 4.63. The molecule has 36 heavy (non-hydrogen) atoms. The molecule has 2 rings (SSSR count). The van der Waals surface area contributed by atoms with Crippen LogP contribution in [0.5, 0.6) is 0 Å². The third-order valence-corrected chi connectivity index (χ3v) is 6.60. The number of carbonyl (C=O) groups is 1. The van der Waals surface area contributed by atoms with E-state index in [1.54, 1.807) is 0 Å².